The fraction of sp³-hybridized carbons (Fsp3) is 0.350. The molecule has 0 heterocycles. The maximum absolute atomic E-state index is 13.1. The number of ether oxygens (including phenoxy) is 2. The molecule has 0 aliphatic carbocycles. The quantitative estimate of drug-likeness (QED) is 0.357. The van der Waals surface area contributed by atoms with Gasteiger partial charge in [-0.05, 0) is 42.0 Å². The topological polar surface area (TPSA) is 67.8 Å². The van der Waals surface area contributed by atoms with Crippen LogP contribution in [0.15, 0.2) is 48.5 Å². The second-order valence-electron chi connectivity index (χ2n) is 6.43. The van der Waals surface area contributed by atoms with Crippen LogP contribution in [-0.4, -0.2) is 30.5 Å². The van der Waals surface area contributed by atoms with Crippen molar-refractivity contribution in [3.05, 3.63) is 65.2 Å². The summed E-state index contributed by atoms with van der Waals surface area (Å²) < 4.78 is 88.0. The summed E-state index contributed by atoms with van der Waals surface area (Å²) in [4.78, 5) is 10.9. The number of amides is 1. The molecular formula is C20H19F6NO4. The van der Waals surface area contributed by atoms with Gasteiger partial charge in [-0.1, -0.05) is 12.1 Å². The zero-order chi connectivity index (χ0) is 23.2. The number of alkyl halides is 6. The van der Waals surface area contributed by atoms with Gasteiger partial charge in [0.25, 0.3) is 0 Å². The summed E-state index contributed by atoms with van der Waals surface area (Å²) >= 11 is 0. The number of benzene rings is 2. The fourth-order valence-corrected chi connectivity index (χ4v) is 2.55. The summed E-state index contributed by atoms with van der Waals surface area (Å²) in [5, 5.41) is 12.8. The van der Waals surface area contributed by atoms with Crippen molar-refractivity contribution in [1.82, 2.24) is 5.32 Å². The monoisotopic (exact) mass is 451 g/mol. The molecule has 0 fully saturated rings. The van der Waals surface area contributed by atoms with Gasteiger partial charge in [-0.15, -0.1) is 0 Å². The zero-order valence-corrected chi connectivity index (χ0v) is 16.1. The second-order valence-corrected chi connectivity index (χ2v) is 6.43. The van der Waals surface area contributed by atoms with Gasteiger partial charge in [-0.3, -0.25) is 4.79 Å². The highest BCUT2D eigenvalue weighted by Gasteiger charge is 2.33. The van der Waals surface area contributed by atoms with E-state index in [-0.39, 0.29) is 30.4 Å². The maximum Gasteiger partial charge on any atom is 0.416 e. The molecule has 5 nitrogen and oxygen atoms in total. The van der Waals surface area contributed by atoms with E-state index < -0.39 is 35.9 Å². The average Bonchev–Trinajstić information content (AvgIpc) is 2.68. The summed E-state index contributed by atoms with van der Waals surface area (Å²) in [6.45, 7) is 1.09. The number of hydrogen-bond donors (Lipinski definition) is 2. The minimum absolute atomic E-state index is 0.0159. The van der Waals surface area contributed by atoms with Crippen LogP contribution >= 0.6 is 0 Å². The van der Waals surface area contributed by atoms with Crippen molar-refractivity contribution in [3.63, 3.8) is 0 Å². The number of nitrogens with one attached hydrogen (secondary N) is 1. The van der Waals surface area contributed by atoms with Crippen molar-refractivity contribution in [1.29, 1.82) is 0 Å². The van der Waals surface area contributed by atoms with Gasteiger partial charge in [0.2, 0.25) is 5.91 Å². The van der Waals surface area contributed by atoms with Crippen molar-refractivity contribution in [2.45, 2.75) is 31.7 Å². The van der Waals surface area contributed by atoms with E-state index in [4.69, 9.17) is 9.47 Å². The molecule has 2 N–H and O–H groups in total. The summed E-state index contributed by atoms with van der Waals surface area (Å²) in [5.74, 6) is -0.478. The van der Waals surface area contributed by atoms with Crippen molar-refractivity contribution >= 4 is 5.91 Å². The smallest absolute Gasteiger partial charge is 0.416 e. The highest BCUT2D eigenvalue weighted by atomic mass is 19.4. The van der Waals surface area contributed by atoms with Crippen LogP contribution < -0.4 is 10.1 Å². The van der Waals surface area contributed by atoms with E-state index in [0.717, 1.165) is 42.5 Å². The fourth-order valence-electron chi connectivity index (χ4n) is 2.55. The number of aliphatic hydroxyl groups is 1. The lowest BCUT2D eigenvalue weighted by atomic mass is 10.0. The predicted molar refractivity (Wildman–Crippen MR) is 96.9 cm³/mol. The number of carbonyl (C=O) groups is 1. The van der Waals surface area contributed by atoms with Crippen molar-refractivity contribution in [2.24, 2.45) is 0 Å². The molecule has 2 unspecified atom stereocenters. The first-order valence-electron chi connectivity index (χ1n) is 8.93. The minimum atomic E-state index is -4.66. The molecule has 0 aliphatic rings. The number of hydrogen-bond acceptors (Lipinski definition) is 4. The predicted octanol–water partition coefficient (Wildman–Crippen LogP) is 4.32. The van der Waals surface area contributed by atoms with E-state index in [1.165, 1.54) is 13.0 Å². The first kappa shape index (κ1) is 24.5. The van der Waals surface area contributed by atoms with Gasteiger partial charge in [-0.2, -0.15) is 26.3 Å². The molecule has 2 aromatic rings. The summed E-state index contributed by atoms with van der Waals surface area (Å²) in [6.07, 6.45) is -12.5. The largest absolute Gasteiger partial charge is 0.480 e. The number of rotatable bonds is 8. The Hall–Kier alpha value is -2.79. The van der Waals surface area contributed by atoms with E-state index in [9.17, 15) is 36.2 Å². The normalized spacial score (nSPS) is 14.1. The Balaban J connectivity index is 2.26. The third kappa shape index (κ3) is 7.44. The Morgan fingerprint density at radius 2 is 1.61 bits per heavy atom. The molecule has 0 radical (unpaired) electrons. The van der Waals surface area contributed by atoms with Gasteiger partial charge < -0.3 is 19.9 Å². The molecular weight excluding hydrogens is 432 g/mol. The minimum Gasteiger partial charge on any atom is -0.480 e. The first-order valence-corrected chi connectivity index (χ1v) is 8.93. The van der Waals surface area contributed by atoms with Gasteiger partial charge in [0.05, 0.1) is 17.7 Å². The molecule has 0 aliphatic heterocycles. The Morgan fingerprint density at radius 1 is 1.00 bits per heavy atom. The third-order valence-corrected chi connectivity index (χ3v) is 4.01. The van der Waals surface area contributed by atoms with Gasteiger partial charge in [0.1, 0.15) is 5.75 Å². The lowest BCUT2D eigenvalue weighted by Gasteiger charge is -2.25. The molecule has 0 bridgehead atoms. The Labute approximate surface area is 173 Å². The van der Waals surface area contributed by atoms with Crippen molar-refractivity contribution in [2.75, 3.05) is 13.2 Å². The molecule has 2 rings (SSSR count). The van der Waals surface area contributed by atoms with Crippen molar-refractivity contribution < 1.29 is 45.7 Å². The molecule has 0 saturated heterocycles. The standard InChI is InChI=1S/C20H19F6NO4/c1-12(28)27-9-10-30-18(29)17(13-3-2-4-15(11-13)20(24,25)26)31-16-7-5-14(6-8-16)19(21,22)23/h2-8,11,17-18,29H,9-10H2,1H3,(H,27,28). The second kappa shape index (κ2) is 10.0. The molecule has 170 valence electrons. The summed E-state index contributed by atoms with van der Waals surface area (Å²) in [5.41, 5.74) is -2.05. The van der Waals surface area contributed by atoms with Gasteiger partial charge in [-0.25, -0.2) is 0 Å². The van der Waals surface area contributed by atoms with Gasteiger partial charge in [0, 0.05) is 13.5 Å². The van der Waals surface area contributed by atoms with Gasteiger partial charge >= 0.3 is 12.4 Å². The lowest BCUT2D eigenvalue weighted by molar-refractivity contribution is -0.156. The maximum atomic E-state index is 13.1. The lowest BCUT2D eigenvalue weighted by Crippen LogP contribution is -2.31. The molecule has 31 heavy (non-hydrogen) atoms. The summed E-state index contributed by atoms with van der Waals surface area (Å²) in [7, 11) is 0. The molecule has 0 aromatic heterocycles. The van der Waals surface area contributed by atoms with Crippen LogP contribution in [0.1, 0.15) is 29.7 Å². The molecule has 1 amide bonds. The molecule has 0 saturated carbocycles. The third-order valence-electron chi connectivity index (χ3n) is 4.01. The van der Waals surface area contributed by atoms with Crippen molar-refractivity contribution in [3.8, 4) is 5.75 Å². The number of carbonyl (C=O) groups excluding carboxylic acids is 1. The van der Waals surface area contributed by atoms with Crippen LogP contribution in [0.4, 0.5) is 26.3 Å². The van der Waals surface area contributed by atoms with Crippen LogP contribution in [-0.2, 0) is 21.9 Å². The molecule has 11 heteroatoms. The highest BCUT2D eigenvalue weighted by Crippen LogP contribution is 2.34. The summed E-state index contributed by atoms with van der Waals surface area (Å²) in [6, 6.07) is 7.36. The van der Waals surface area contributed by atoms with E-state index >= 15 is 0 Å². The first-order chi connectivity index (χ1) is 14.4. The van der Waals surface area contributed by atoms with Gasteiger partial charge in [0.15, 0.2) is 12.4 Å². The Kier molecular flexibility index (Phi) is 7.91. The molecule has 2 aromatic carbocycles. The number of halogens is 6. The average molecular weight is 451 g/mol. The molecule has 2 atom stereocenters. The Morgan fingerprint density at radius 3 is 2.16 bits per heavy atom. The Bertz CT molecular complexity index is 867. The van der Waals surface area contributed by atoms with Crippen LogP contribution in [0.5, 0.6) is 5.75 Å². The molecule has 0 spiro atoms. The van der Waals surface area contributed by atoms with Crippen LogP contribution in [0.2, 0.25) is 0 Å². The van der Waals surface area contributed by atoms with E-state index in [0.29, 0.717) is 0 Å². The van der Waals surface area contributed by atoms with Crippen LogP contribution in [0.25, 0.3) is 0 Å². The zero-order valence-electron chi connectivity index (χ0n) is 16.1. The SMILES string of the molecule is CC(=O)NCCOC(O)C(Oc1ccc(C(F)(F)F)cc1)c1cccc(C(F)(F)F)c1. The van der Waals surface area contributed by atoms with Crippen LogP contribution in [0.3, 0.4) is 0 Å². The van der Waals surface area contributed by atoms with E-state index in [1.54, 1.807) is 0 Å². The van der Waals surface area contributed by atoms with E-state index in [1.807, 2.05) is 0 Å². The van der Waals surface area contributed by atoms with E-state index in [2.05, 4.69) is 5.32 Å². The van der Waals surface area contributed by atoms with Crippen LogP contribution in [0, 0.1) is 0 Å². The number of aliphatic hydroxyl groups excluding tert-OH is 1. The highest BCUT2D eigenvalue weighted by molar-refractivity contribution is 5.72.